The molecule has 5 aromatic carbocycles. The number of benzene rings is 5. The highest BCUT2D eigenvalue weighted by atomic mass is 15.3. The maximum absolute atomic E-state index is 5.01. The molecule has 0 bridgehead atoms. The van der Waals surface area contributed by atoms with Crippen LogP contribution in [0.1, 0.15) is 11.1 Å². The SMILES string of the molecule is Cc1ccnc2c(-c3ccc(-c4ccccc4)cc3)ccc(N3c4cc5ccccc5cc4C45C=CC=CC4C35)c12. The first-order chi connectivity index (χ1) is 20.2. The van der Waals surface area contributed by atoms with Crippen LogP contribution in [0.3, 0.4) is 0 Å². The lowest BCUT2D eigenvalue weighted by atomic mass is 9.88. The molecule has 0 amide bonds. The summed E-state index contributed by atoms with van der Waals surface area (Å²) < 4.78 is 0. The zero-order valence-electron chi connectivity index (χ0n) is 22.8. The molecule has 2 heteroatoms. The van der Waals surface area contributed by atoms with Gasteiger partial charge in [-0.25, -0.2) is 0 Å². The second-order valence-corrected chi connectivity index (χ2v) is 11.7. The Balaban J connectivity index is 1.23. The van der Waals surface area contributed by atoms with Crippen molar-refractivity contribution in [1.29, 1.82) is 0 Å². The third-order valence-electron chi connectivity index (χ3n) is 9.58. The van der Waals surface area contributed by atoms with Gasteiger partial charge in [0.15, 0.2) is 0 Å². The van der Waals surface area contributed by atoms with E-state index in [9.17, 15) is 0 Å². The average molecular weight is 525 g/mol. The largest absolute Gasteiger partial charge is 0.336 e. The van der Waals surface area contributed by atoms with Gasteiger partial charge in [-0.2, -0.15) is 0 Å². The number of pyridine rings is 1. The lowest BCUT2D eigenvalue weighted by molar-refractivity contribution is 0.829. The Hall–Kier alpha value is -4.95. The molecule has 0 radical (unpaired) electrons. The quantitative estimate of drug-likeness (QED) is 0.229. The van der Waals surface area contributed by atoms with E-state index in [2.05, 4.69) is 145 Å². The maximum atomic E-state index is 5.01. The molecule has 2 heterocycles. The molecule has 41 heavy (non-hydrogen) atoms. The van der Waals surface area contributed by atoms with E-state index in [-0.39, 0.29) is 5.41 Å². The van der Waals surface area contributed by atoms with Crippen molar-refractivity contribution in [2.24, 2.45) is 5.92 Å². The number of nitrogens with zero attached hydrogens (tertiary/aromatic N) is 2. The highest BCUT2D eigenvalue weighted by Gasteiger charge is 2.71. The van der Waals surface area contributed by atoms with E-state index in [0.717, 1.165) is 5.52 Å². The van der Waals surface area contributed by atoms with Gasteiger partial charge in [0, 0.05) is 34.2 Å². The number of hydrogen-bond donors (Lipinski definition) is 0. The zero-order valence-corrected chi connectivity index (χ0v) is 22.8. The van der Waals surface area contributed by atoms with Crippen molar-refractivity contribution in [2.45, 2.75) is 18.4 Å². The van der Waals surface area contributed by atoms with Gasteiger partial charge in [-0.1, -0.05) is 109 Å². The molecule has 0 N–H and O–H groups in total. The first kappa shape index (κ1) is 22.8. The lowest BCUT2D eigenvalue weighted by Gasteiger charge is -2.27. The highest BCUT2D eigenvalue weighted by Crippen LogP contribution is 2.70. The fourth-order valence-electron chi connectivity index (χ4n) is 7.61. The smallest absolute Gasteiger partial charge is 0.0803 e. The molecule has 1 fully saturated rings. The number of anilines is 2. The molecule has 3 aliphatic rings. The standard InChI is InChI=1S/C39H28N2/c1-25-20-22-40-37-31(28-16-14-27(15-17-28)26-9-3-2-4-10-26)18-19-34(36(25)37)41-35-24-30-12-6-5-11-29(30)23-33(35)39-21-8-7-13-32(39)38(39)41/h2-24,32,38H,1H3. The number of rotatable bonds is 3. The minimum atomic E-state index is 0.0441. The number of aryl methyl sites for hydroxylation is 1. The van der Waals surface area contributed by atoms with Crippen LogP contribution in [0.4, 0.5) is 11.4 Å². The summed E-state index contributed by atoms with van der Waals surface area (Å²) in [5.41, 5.74) is 11.2. The van der Waals surface area contributed by atoms with Crippen LogP contribution in [0.5, 0.6) is 0 Å². The molecule has 9 rings (SSSR count). The molecule has 2 aliphatic carbocycles. The number of fused-ring (bicyclic) bond motifs is 4. The van der Waals surface area contributed by atoms with Gasteiger partial charge in [0.2, 0.25) is 0 Å². The lowest BCUT2D eigenvalue weighted by Crippen LogP contribution is -2.20. The van der Waals surface area contributed by atoms with Crippen molar-refractivity contribution in [2.75, 3.05) is 4.90 Å². The fourth-order valence-corrected chi connectivity index (χ4v) is 7.61. The Bertz CT molecular complexity index is 2070. The first-order valence-electron chi connectivity index (χ1n) is 14.5. The Morgan fingerprint density at radius 3 is 2.24 bits per heavy atom. The summed E-state index contributed by atoms with van der Waals surface area (Å²) in [6, 6.07) is 40.2. The maximum Gasteiger partial charge on any atom is 0.0803 e. The van der Waals surface area contributed by atoms with E-state index in [4.69, 9.17) is 4.98 Å². The molecule has 1 aliphatic heterocycles. The Kier molecular flexibility index (Phi) is 4.61. The number of aromatic nitrogens is 1. The van der Waals surface area contributed by atoms with E-state index in [1.165, 1.54) is 60.9 Å². The van der Waals surface area contributed by atoms with Crippen molar-refractivity contribution in [1.82, 2.24) is 4.98 Å². The van der Waals surface area contributed by atoms with Crippen LogP contribution in [0.2, 0.25) is 0 Å². The number of allylic oxidation sites excluding steroid dienone is 2. The molecular weight excluding hydrogens is 496 g/mol. The Morgan fingerprint density at radius 1 is 0.683 bits per heavy atom. The van der Waals surface area contributed by atoms with E-state index >= 15 is 0 Å². The van der Waals surface area contributed by atoms with E-state index < -0.39 is 0 Å². The summed E-state index contributed by atoms with van der Waals surface area (Å²) in [5, 5.41) is 3.84. The molecule has 1 aromatic heterocycles. The van der Waals surface area contributed by atoms with E-state index in [1.54, 1.807) is 0 Å². The van der Waals surface area contributed by atoms with Crippen molar-refractivity contribution in [3.8, 4) is 22.3 Å². The molecular formula is C39H28N2. The summed E-state index contributed by atoms with van der Waals surface area (Å²) in [6.45, 7) is 2.22. The molecule has 0 saturated heterocycles. The second kappa shape index (κ2) is 8.28. The van der Waals surface area contributed by atoms with Crippen molar-refractivity contribution >= 4 is 33.1 Å². The van der Waals surface area contributed by atoms with Crippen LogP contribution < -0.4 is 4.90 Å². The first-order valence-corrected chi connectivity index (χ1v) is 14.5. The van der Waals surface area contributed by atoms with Crippen molar-refractivity contribution in [3.63, 3.8) is 0 Å². The second-order valence-electron chi connectivity index (χ2n) is 11.7. The molecule has 6 aromatic rings. The summed E-state index contributed by atoms with van der Waals surface area (Å²) >= 11 is 0. The molecule has 1 spiro atoms. The summed E-state index contributed by atoms with van der Waals surface area (Å²) in [4.78, 5) is 7.64. The normalized spacial score (nSPS) is 21.6. The van der Waals surface area contributed by atoms with Crippen molar-refractivity contribution in [3.05, 3.63) is 151 Å². The van der Waals surface area contributed by atoms with Gasteiger partial charge in [0.1, 0.15) is 0 Å². The summed E-state index contributed by atoms with van der Waals surface area (Å²) in [5.74, 6) is 0.485. The molecule has 194 valence electrons. The minimum absolute atomic E-state index is 0.0441. The van der Waals surface area contributed by atoms with E-state index in [1.807, 2.05) is 6.20 Å². The molecule has 1 saturated carbocycles. The van der Waals surface area contributed by atoms with Crippen LogP contribution in [-0.2, 0) is 5.41 Å². The molecule has 2 nitrogen and oxygen atoms in total. The van der Waals surface area contributed by atoms with Gasteiger partial charge in [-0.15, -0.1) is 0 Å². The third kappa shape index (κ3) is 3.10. The average Bonchev–Trinajstić information content (AvgIpc) is 3.63. The third-order valence-corrected chi connectivity index (χ3v) is 9.58. The predicted octanol–water partition coefficient (Wildman–Crippen LogP) is 9.54. The minimum Gasteiger partial charge on any atom is -0.336 e. The van der Waals surface area contributed by atoms with Crippen LogP contribution >= 0.6 is 0 Å². The predicted molar refractivity (Wildman–Crippen MR) is 171 cm³/mol. The topological polar surface area (TPSA) is 16.1 Å². The monoisotopic (exact) mass is 524 g/mol. The van der Waals surface area contributed by atoms with Gasteiger partial charge < -0.3 is 4.90 Å². The van der Waals surface area contributed by atoms with Crippen LogP contribution in [0, 0.1) is 12.8 Å². The van der Waals surface area contributed by atoms with Crippen LogP contribution in [0.15, 0.2) is 140 Å². The van der Waals surface area contributed by atoms with Gasteiger partial charge in [-0.3, -0.25) is 4.98 Å². The highest BCUT2D eigenvalue weighted by molar-refractivity contribution is 6.06. The molecule has 3 unspecified atom stereocenters. The van der Waals surface area contributed by atoms with E-state index in [0.29, 0.717) is 12.0 Å². The Morgan fingerprint density at radius 2 is 1.41 bits per heavy atom. The van der Waals surface area contributed by atoms with Crippen LogP contribution in [0.25, 0.3) is 43.9 Å². The van der Waals surface area contributed by atoms with Gasteiger partial charge >= 0.3 is 0 Å². The number of hydrogen-bond acceptors (Lipinski definition) is 2. The van der Waals surface area contributed by atoms with Crippen LogP contribution in [-0.4, -0.2) is 11.0 Å². The van der Waals surface area contributed by atoms with Gasteiger partial charge in [0.05, 0.1) is 17.2 Å². The summed E-state index contributed by atoms with van der Waals surface area (Å²) in [6.07, 6.45) is 11.3. The van der Waals surface area contributed by atoms with Gasteiger partial charge in [0.25, 0.3) is 0 Å². The van der Waals surface area contributed by atoms with Crippen molar-refractivity contribution < 1.29 is 0 Å². The fraction of sp³-hybridized carbons (Fsp3) is 0.103. The van der Waals surface area contributed by atoms with Gasteiger partial charge in [-0.05, 0) is 69.8 Å². The molecule has 3 atom stereocenters. The zero-order chi connectivity index (χ0) is 27.1. The summed E-state index contributed by atoms with van der Waals surface area (Å²) in [7, 11) is 0. The Labute approximate surface area is 239 Å².